The van der Waals surface area contributed by atoms with E-state index < -0.39 is 0 Å². The summed E-state index contributed by atoms with van der Waals surface area (Å²) in [5.74, 6) is -0.314. The molecule has 2 amide bonds. The zero-order chi connectivity index (χ0) is 20.9. The highest BCUT2D eigenvalue weighted by molar-refractivity contribution is 5.94. The van der Waals surface area contributed by atoms with E-state index in [2.05, 4.69) is 0 Å². The average molecular weight is 405 g/mol. The topological polar surface area (TPSA) is 45.6 Å². The summed E-state index contributed by atoms with van der Waals surface area (Å²) in [6, 6.07) is 17.5. The first-order chi connectivity index (χ1) is 14.6. The van der Waals surface area contributed by atoms with Crippen LogP contribution in [0, 0.1) is 5.82 Å². The molecule has 3 aromatic rings. The molecule has 0 unspecified atom stereocenters. The molecular weight excluding hydrogens is 381 g/mol. The minimum Gasteiger partial charge on any atom is -0.341 e. The predicted molar refractivity (Wildman–Crippen MR) is 113 cm³/mol. The molecule has 5 nitrogen and oxygen atoms in total. The van der Waals surface area contributed by atoms with E-state index in [0.29, 0.717) is 31.7 Å². The van der Waals surface area contributed by atoms with E-state index in [1.54, 1.807) is 17.0 Å². The van der Waals surface area contributed by atoms with Gasteiger partial charge in [0.05, 0.1) is 6.42 Å². The number of benzene rings is 2. The summed E-state index contributed by atoms with van der Waals surface area (Å²) in [5.41, 5.74) is 2.45. The molecule has 0 bridgehead atoms. The third kappa shape index (κ3) is 4.59. The molecule has 1 aromatic heterocycles. The van der Waals surface area contributed by atoms with Crippen LogP contribution in [0.4, 0.5) is 4.39 Å². The number of halogens is 1. The molecule has 1 aliphatic rings. The van der Waals surface area contributed by atoms with Crippen molar-refractivity contribution in [3.63, 3.8) is 0 Å². The van der Waals surface area contributed by atoms with E-state index in [1.807, 2.05) is 58.3 Å². The van der Waals surface area contributed by atoms with E-state index in [9.17, 15) is 14.0 Å². The highest BCUT2D eigenvalue weighted by Crippen LogP contribution is 2.14. The highest BCUT2D eigenvalue weighted by atomic mass is 19.1. The van der Waals surface area contributed by atoms with Crippen molar-refractivity contribution in [3.05, 3.63) is 90.0 Å². The van der Waals surface area contributed by atoms with Crippen LogP contribution in [0.3, 0.4) is 0 Å². The Bertz CT molecular complexity index is 998. The van der Waals surface area contributed by atoms with Crippen LogP contribution >= 0.6 is 0 Å². The summed E-state index contributed by atoms with van der Waals surface area (Å²) in [7, 11) is 0. The van der Waals surface area contributed by atoms with Crippen molar-refractivity contribution in [2.45, 2.75) is 12.8 Å². The van der Waals surface area contributed by atoms with Crippen LogP contribution in [-0.4, -0.2) is 52.4 Å². The Kier molecular flexibility index (Phi) is 5.93. The summed E-state index contributed by atoms with van der Waals surface area (Å²) < 4.78 is 15.0. The first-order valence-corrected chi connectivity index (χ1v) is 10.1. The fourth-order valence-corrected chi connectivity index (χ4v) is 3.72. The normalized spacial score (nSPS) is 14.4. The number of carbonyl (C=O) groups is 2. The first-order valence-electron chi connectivity index (χ1n) is 10.1. The molecule has 0 radical (unpaired) electrons. The van der Waals surface area contributed by atoms with E-state index in [-0.39, 0.29) is 24.1 Å². The molecule has 1 aliphatic heterocycles. The second kappa shape index (κ2) is 8.95. The van der Waals surface area contributed by atoms with Gasteiger partial charge in [-0.15, -0.1) is 0 Å². The first kappa shape index (κ1) is 19.9. The van der Waals surface area contributed by atoms with Gasteiger partial charge in [0.15, 0.2) is 0 Å². The molecule has 0 saturated carbocycles. The molecule has 0 spiro atoms. The van der Waals surface area contributed by atoms with Gasteiger partial charge in [0.2, 0.25) is 5.91 Å². The molecule has 2 aromatic carbocycles. The minimum absolute atomic E-state index is 0.00647. The van der Waals surface area contributed by atoms with Gasteiger partial charge in [-0.1, -0.05) is 12.1 Å². The molecule has 0 aliphatic carbocycles. The van der Waals surface area contributed by atoms with E-state index in [1.165, 1.54) is 12.1 Å². The number of carbonyl (C=O) groups excluding carboxylic acids is 2. The lowest BCUT2D eigenvalue weighted by molar-refractivity contribution is -0.130. The van der Waals surface area contributed by atoms with Crippen molar-refractivity contribution in [3.8, 4) is 5.69 Å². The summed E-state index contributed by atoms with van der Waals surface area (Å²) in [6.45, 7) is 2.26. The average Bonchev–Trinajstić information content (AvgIpc) is 3.19. The molecule has 6 heteroatoms. The fraction of sp³-hybridized carbons (Fsp3) is 0.250. The molecule has 0 atom stereocenters. The largest absolute Gasteiger partial charge is 0.341 e. The number of amides is 2. The number of aromatic nitrogens is 1. The van der Waals surface area contributed by atoms with Crippen LogP contribution in [0.25, 0.3) is 5.69 Å². The fourth-order valence-electron chi connectivity index (χ4n) is 3.72. The van der Waals surface area contributed by atoms with Crippen molar-refractivity contribution in [2.24, 2.45) is 0 Å². The Morgan fingerprint density at radius 2 is 1.43 bits per heavy atom. The quantitative estimate of drug-likeness (QED) is 0.667. The van der Waals surface area contributed by atoms with Crippen LogP contribution < -0.4 is 0 Å². The third-order valence-electron chi connectivity index (χ3n) is 5.42. The van der Waals surface area contributed by atoms with Crippen LogP contribution in [0.5, 0.6) is 0 Å². The lowest BCUT2D eigenvalue weighted by Crippen LogP contribution is -2.38. The number of hydrogen-bond donors (Lipinski definition) is 0. The summed E-state index contributed by atoms with van der Waals surface area (Å²) in [6.07, 6.45) is 4.91. The Morgan fingerprint density at radius 3 is 2.13 bits per heavy atom. The van der Waals surface area contributed by atoms with Gasteiger partial charge in [-0.3, -0.25) is 9.59 Å². The standard InChI is InChI=1S/C24H24FN3O2/c25-21-8-4-19(5-9-21)18-23(29)27-14-3-15-28(17-16-27)24(30)20-6-10-22(11-7-20)26-12-1-2-13-26/h1-2,4-13H,3,14-18H2. The summed E-state index contributed by atoms with van der Waals surface area (Å²) in [5, 5.41) is 0. The van der Waals surface area contributed by atoms with Gasteiger partial charge in [-0.25, -0.2) is 4.39 Å². The van der Waals surface area contributed by atoms with Gasteiger partial charge < -0.3 is 14.4 Å². The second-order valence-electron chi connectivity index (χ2n) is 7.47. The number of rotatable bonds is 4. The van der Waals surface area contributed by atoms with Gasteiger partial charge in [0.25, 0.3) is 5.91 Å². The third-order valence-corrected chi connectivity index (χ3v) is 5.42. The number of nitrogens with zero attached hydrogens (tertiary/aromatic N) is 3. The van der Waals surface area contributed by atoms with Crippen LogP contribution in [0.1, 0.15) is 22.3 Å². The number of hydrogen-bond acceptors (Lipinski definition) is 2. The summed E-state index contributed by atoms with van der Waals surface area (Å²) >= 11 is 0. The molecular formula is C24H24FN3O2. The lowest BCUT2D eigenvalue weighted by atomic mass is 10.1. The van der Waals surface area contributed by atoms with Gasteiger partial charge in [-0.2, -0.15) is 0 Å². The van der Waals surface area contributed by atoms with Crippen molar-refractivity contribution in [2.75, 3.05) is 26.2 Å². The van der Waals surface area contributed by atoms with Crippen molar-refractivity contribution in [1.29, 1.82) is 0 Å². The van der Waals surface area contributed by atoms with Crippen molar-refractivity contribution < 1.29 is 14.0 Å². The smallest absolute Gasteiger partial charge is 0.253 e. The Morgan fingerprint density at radius 1 is 0.800 bits per heavy atom. The second-order valence-corrected chi connectivity index (χ2v) is 7.47. The van der Waals surface area contributed by atoms with Crippen LogP contribution in [0.2, 0.25) is 0 Å². The van der Waals surface area contributed by atoms with E-state index in [0.717, 1.165) is 17.7 Å². The van der Waals surface area contributed by atoms with Gasteiger partial charge >= 0.3 is 0 Å². The van der Waals surface area contributed by atoms with Crippen molar-refractivity contribution >= 4 is 11.8 Å². The van der Waals surface area contributed by atoms with Crippen molar-refractivity contribution in [1.82, 2.24) is 14.4 Å². The maximum absolute atomic E-state index is 13.1. The zero-order valence-corrected chi connectivity index (χ0v) is 16.7. The molecule has 1 saturated heterocycles. The summed E-state index contributed by atoms with van der Waals surface area (Å²) in [4.78, 5) is 29.2. The maximum Gasteiger partial charge on any atom is 0.253 e. The Balaban J connectivity index is 1.35. The minimum atomic E-state index is -0.309. The van der Waals surface area contributed by atoms with E-state index >= 15 is 0 Å². The molecule has 0 N–H and O–H groups in total. The van der Waals surface area contributed by atoms with E-state index in [4.69, 9.17) is 0 Å². The van der Waals surface area contributed by atoms with Crippen LogP contribution in [0.15, 0.2) is 73.1 Å². The Labute approximate surface area is 175 Å². The monoisotopic (exact) mass is 405 g/mol. The molecule has 154 valence electrons. The lowest BCUT2D eigenvalue weighted by Gasteiger charge is -2.22. The van der Waals surface area contributed by atoms with Gasteiger partial charge in [-0.05, 0) is 60.5 Å². The SMILES string of the molecule is O=C(Cc1ccc(F)cc1)N1CCCN(C(=O)c2ccc(-n3cccc3)cc2)CC1. The predicted octanol–water partition coefficient (Wildman–Crippen LogP) is 3.53. The Hall–Kier alpha value is -3.41. The van der Waals surface area contributed by atoms with Crippen LogP contribution in [-0.2, 0) is 11.2 Å². The molecule has 4 rings (SSSR count). The molecule has 30 heavy (non-hydrogen) atoms. The highest BCUT2D eigenvalue weighted by Gasteiger charge is 2.23. The maximum atomic E-state index is 13.1. The van der Waals surface area contributed by atoms with Gasteiger partial charge in [0, 0.05) is 49.8 Å². The molecule has 2 heterocycles. The molecule has 1 fully saturated rings. The zero-order valence-electron chi connectivity index (χ0n) is 16.7. The van der Waals surface area contributed by atoms with Gasteiger partial charge in [0.1, 0.15) is 5.82 Å².